The summed E-state index contributed by atoms with van der Waals surface area (Å²) >= 11 is 12.4. The van der Waals surface area contributed by atoms with E-state index in [1.807, 2.05) is 26.2 Å². The van der Waals surface area contributed by atoms with Crippen LogP contribution >= 0.6 is 23.2 Å². The van der Waals surface area contributed by atoms with Crippen LogP contribution in [0.5, 0.6) is 0 Å². The summed E-state index contributed by atoms with van der Waals surface area (Å²) in [7, 11) is 3.65. The summed E-state index contributed by atoms with van der Waals surface area (Å²) in [5.74, 6) is 0. The van der Waals surface area contributed by atoms with Crippen LogP contribution in [0.3, 0.4) is 0 Å². The van der Waals surface area contributed by atoms with Gasteiger partial charge in [-0.3, -0.25) is 14.0 Å². The van der Waals surface area contributed by atoms with E-state index in [1.54, 1.807) is 9.13 Å². The molecule has 0 saturated carbocycles. The number of likely N-dealkylation sites (tertiary alicyclic amines) is 1. The van der Waals surface area contributed by atoms with Crippen molar-refractivity contribution in [3.8, 4) is 0 Å². The molecule has 0 amide bonds. The first-order valence-corrected chi connectivity index (χ1v) is 10.8. The van der Waals surface area contributed by atoms with E-state index in [9.17, 15) is 4.79 Å². The van der Waals surface area contributed by atoms with E-state index in [0.29, 0.717) is 16.1 Å². The average Bonchev–Trinajstić information content (AvgIpc) is 2.90. The quantitative estimate of drug-likeness (QED) is 0.575. The molecule has 2 heterocycles. The number of benzene rings is 2. The zero-order chi connectivity index (χ0) is 20.9. The van der Waals surface area contributed by atoms with Gasteiger partial charge < -0.3 is 0 Å². The second-order valence-corrected chi connectivity index (χ2v) is 9.50. The molecule has 1 saturated heterocycles. The van der Waals surface area contributed by atoms with Crippen molar-refractivity contribution in [3.63, 3.8) is 0 Å². The SMILES string of the molecule is C[C@H]1C[C@@](C)(c2ccc(Cl)c(Cl)c2)CCN1Cc1ccc2c(c1)n(C)c(=O)n2C. The van der Waals surface area contributed by atoms with Gasteiger partial charge in [0.15, 0.2) is 0 Å². The summed E-state index contributed by atoms with van der Waals surface area (Å²) in [4.78, 5) is 14.7. The summed E-state index contributed by atoms with van der Waals surface area (Å²) in [6.45, 7) is 6.53. The molecular weight excluding hydrogens is 405 g/mol. The third-order valence-corrected chi connectivity index (χ3v) is 7.40. The predicted molar refractivity (Wildman–Crippen MR) is 121 cm³/mol. The van der Waals surface area contributed by atoms with Crippen LogP contribution in [-0.4, -0.2) is 26.6 Å². The van der Waals surface area contributed by atoms with Crippen LogP contribution in [-0.2, 0) is 26.1 Å². The molecule has 0 unspecified atom stereocenters. The largest absolute Gasteiger partial charge is 0.328 e. The molecule has 1 aliphatic heterocycles. The summed E-state index contributed by atoms with van der Waals surface area (Å²) in [6.07, 6.45) is 2.14. The Labute approximate surface area is 181 Å². The normalized spacial score (nSPS) is 23.0. The Morgan fingerprint density at radius 2 is 1.76 bits per heavy atom. The molecule has 6 heteroatoms. The van der Waals surface area contributed by atoms with Gasteiger partial charge in [-0.25, -0.2) is 4.79 Å². The fourth-order valence-corrected chi connectivity index (χ4v) is 5.05. The number of fused-ring (bicyclic) bond motifs is 1. The van der Waals surface area contributed by atoms with Crippen LogP contribution in [0.4, 0.5) is 0 Å². The first-order chi connectivity index (χ1) is 13.7. The molecule has 3 aromatic rings. The van der Waals surface area contributed by atoms with E-state index in [4.69, 9.17) is 23.2 Å². The van der Waals surface area contributed by atoms with E-state index in [2.05, 4.69) is 43.0 Å². The molecular formula is C23H27Cl2N3O. The van der Waals surface area contributed by atoms with Crippen molar-refractivity contribution in [1.29, 1.82) is 0 Å². The molecule has 29 heavy (non-hydrogen) atoms. The Morgan fingerprint density at radius 3 is 2.45 bits per heavy atom. The smallest absolute Gasteiger partial charge is 0.296 e. The van der Waals surface area contributed by atoms with Gasteiger partial charge in [-0.05, 0) is 67.1 Å². The highest BCUT2D eigenvalue weighted by atomic mass is 35.5. The molecule has 0 bridgehead atoms. The second kappa shape index (κ2) is 7.50. The first kappa shape index (κ1) is 20.5. The summed E-state index contributed by atoms with van der Waals surface area (Å²) in [5.41, 5.74) is 4.57. The number of rotatable bonds is 3. The molecule has 4 rings (SSSR count). The van der Waals surface area contributed by atoms with Crippen molar-refractivity contribution < 1.29 is 0 Å². The van der Waals surface area contributed by atoms with E-state index in [0.717, 1.165) is 37.0 Å². The Hall–Kier alpha value is -1.75. The number of nitrogens with zero attached hydrogens (tertiary/aromatic N) is 3. The van der Waals surface area contributed by atoms with Crippen molar-refractivity contribution in [2.45, 2.75) is 44.7 Å². The van der Waals surface area contributed by atoms with Crippen LogP contribution < -0.4 is 5.69 Å². The zero-order valence-corrected chi connectivity index (χ0v) is 18.9. The van der Waals surface area contributed by atoms with E-state index in [1.165, 1.54) is 11.1 Å². The highest BCUT2D eigenvalue weighted by Gasteiger charge is 2.36. The topological polar surface area (TPSA) is 30.2 Å². The van der Waals surface area contributed by atoms with Crippen molar-refractivity contribution in [3.05, 3.63) is 68.1 Å². The minimum atomic E-state index is 0.0147. The Bertz CT molecular complexity index is 1130. The third kappa shape index (κ3) is 3.63. The van der Waals surface area contributed by atoms with Crippen molar-refractivity contribution >= 4 is 34.2 Å². The van der Waals surface area contributed by atoms with Crippen molar-refractivity contribution in [2.75, 3.05) is 6.54 Å². The summed E-state index contributed by atoms with van der Waals surface area (Å²) < 4.78 is 3.42. The number of hydrogen-bond donors (Lipinski definition) is 0. The molecule has 2 aromatic carbocycles. The van der Waals surface area contributed by atoms with Gasteiger partial charge in [0.25, 0.3) is 0 Å². The van der Waals surface area contributed by atoms with Crippen LogP contribution in [0, 0.1) is 0 Å². The van der Waals surface area contributed by atoms with Gasteiger partial charge in [-0.1, -0.05) is 42.3 Å². The van der Waals surface area contributed by atoms with Crippen LogP contribution in [0.25, 0.3) is 11.0 Å². The molecule has 1 aliphatic rings. The van der Waals surface area contributed by atoms with Gasteiger partial charge in [0.05, 0.1) is 21.1 Å². The minimum absolute atomic E-state index is 0.0147. The fourth-order valence-electron chi connectivity index (χ4n) is 4.75. The maximum Gasteiger partial charge on any atom is 0.328 e. The number of hydrogen-bond acceptors (Lipinski definition) is 2. The van der Waals surface area contributed by atoms with Crippen molar-refractivity contribution in [1.82, 2.24) is 14.0 Å². The van der Waals surface area contributed by atoms with E-state index < -0.39 is 0 Å². The van der Waals surface area contributed by atoms with Gasteiger partial charge >= 0.3 is 5.69 Å². The van der Waals surface area contributed by atoms with Gasteiger partial charge in [-0.2, -0.15) is 0 Å². The highest BCUT2D eigenvalue weighted by molar-refractivity contribution is 6.42. The lowest BCUT2D eigenvalue weighted by Gasteiger charge is -2.44. The highest BCUT2D eigenvalue weighted by Crippen LogP contribution is 2.40. The Morgan fingerprint density at radius 1 is 1.03 bits per heavy atom. The Kier molecular flexibility index (Phi) is 5.30. The fraction of sp³-hybridized carbons (Fsp3) is 0.435. The van der Waals surface area contributed by atoms with Crippen molar-refractivity contribution in [2.24, 2.45) is 14.1 Å². The monoisotopic (exact) mass is 431 g/mol. The maximum atomic E-state index is 12.2. The Balaban J connectivity index is 1.53. The maximum absolute atomic E-state index is 12.2. The number of piperidine rings is 1. The van der Waals surface area contributed by atoms with Gasteiger partial charge in [0.2, 0.25) is 0 Å². The molecule has 0 aliphatic carbocycles. The molecule has 2 atom stereocenters. The van der Waals surface area contributed by atoms with Crippen LogP contribution in [0.15, 0.2) is 41.2 Å². The number of aromatic nitrogens is 2. The molecule has 4 nitrogen and oxygen atoms in total. The van der Waals surface area contributed by atoms with Gasteiger partial charge in [0, 0.05) is 26.7 Å². The standard InChI is InChI=1S/C23H27Cl2N3O/c1-15-13-23(2,17-6-7-18(24)19(25)12-17)9-10-28(15)14-16-5-8-20-21(11-16)27(4)22(29)26(20)3/h5-8,11-12,15H,9-10,13-14H2,1-4H3/t15-,23-/m0/s1. The summed E-state index contributed by atoms with van der Waals surface area (Å²) in [5, 5.41) is 1.23. The van der Waals surface area contributed by atoms with E-state index >= 15 is 0 Å². The number of aryl methyl sites for hydroxylation is 2. The molecule has 154 valence electrons. The molecule has 0 N–H and O–H groups in total. The molecule has 1 aromatic heterocycles. The minimum Gasteiger partial charge on any atom is -0.296 e. The lowest BCUT2D eigenvalue weighted by atomic mass is 9.72. The average molecular weight is 432 g/mol. The number of imidazole rings is 1. The third-order valence-electron chi connectivity index (χ3n) is 6.66. The van der Waals surface area contributed by atoms with E-state index in [-0.39, 0.29) is 11.1 Å². The lowest BCUT2D eigenvalue weighted by molar-refractivity contribution is 0.103. The molecule has 1 fully saturated rings. The van der Waals surface area contributed by atoms with Gasteiger partial charge in [-0.15, -0.1) is 0 Å². The van der Waals surface area contributed by atoms with Crippen LogP contribution in [0.1, 0.15) is 37.8 Å². The zero-order valence-electron chi connectivity index (χ0n) is 17.4. The molecule has 0 spiro atoms. The molecule has 0 radical (unpaired) electrons. The predicted octanol–water partition coefficient (Wildman–Crippen LogP) is 5.13. The first-order valence-electron chi connectivity index (χ1n) is 10.0. The summed E-state index contributed by atoms with van der Waals surface area (Å²) in [6, 6.07) is 12.8. The number of halogens is 2. The van der Waals surface area contributed by atoms with Gasteiger partial charge in [0.1, 0.15) is 0 Å². The lowest BCUT2D eigenvalue weighted by Crippen LogP contribution is -2.46. The van der Waals surface area contributed by atoms with Crippen LogP contribution in [0.2, 0.25) is 10.0 Å². The second-order valence-electron chi connectivity index (χ2n) is 8.69.